The Morgan fingerprint density at radius 3 is 2.95 bits per heavy atom. The van der Waals surface area contributed by atoms with Crippen LogP contribution in [0.1, 0.15) is 24.6 Å². The molecule has 0 radical (unpaired) electrons. The van der Waals surface area contributed by atoms with Crippen LogP contribution in [-0.2, 0) is 11.2 Å². The van der Waals surface area contributed by atoms with Crippen LogP contribution in [0.15, 0.2) is 17.2 Å². The van der Waals surface area contributed by atoms with E-state index in [0.29, 0.717) is 29.7 Å². The lowest BCUT2D eigenvalue weighted by Gasteiger charge is -2.16. The molecule has 1 aromatic rings. The van der Waals surface area contributed by atoms with Gasteiger partial charge in [0.2, 0.25) is 0 Å². The molecule has 6 nitrogen and oxygen atoms in total. The number of fused-ring (bicyclic) bond motifs is 1. The predicted octanol–water partition coefficient (Wildman–Crippen LogP) is -0.391. The van der Waals surface area contributed by atoms with Crippen molar-refractivity contribution in [2.24, 2.45) is 0 Å². The Balaban J connectivity index is 1.95. The van der Waals surface area contributed by atoms with Gasteiger partial charge in [0.15, 0.2) is 0 Å². The first-order valence-electron chi connectivity index (χ1n) is 6.42. The lowest BCUT2D eigenvalue weighted by atomic mass is 10.00. The number of aliphatic hydroxyl groups excluding tert-OH is 2. The van der Waals surface area contributed by atoms with Crippen molar-refractivity contribution in [1.82, 2.24) is 9.97 Å². The predicted molar refractivity (Wildman–Crippen MR) is 67.5 cm³/mol. The van der Waals surface area contributed by atoms with Crippen LogP contribution in [0.3, 0.4) is 0 Å². The Labute approximate surface area is 109 Å². The zero-order valence-corrected chi connectivity index (χ0v) is 10.5. The number of hydrogen-bond donors (Lipinski definition) is 3. The lowest BCUT2D eigenvalue weighted by molar-refractivity contribution is 0.0201. The number of allylic oxidation sites excluding steroid dienone is 1. The van der Waals surface area contributed by atoms with Gasteiger partial charge >= 0.3 is 0 Å². The Morgan fingerprint density at radius 1 is 1.47 bits per heavy atom. The van der Waals surface area contributed by atoms with Crippen molar-refractivity contribution in [2.75, 3.05) is 0 Å². The summed E-state index contributed by atoms with van der Waals surface area (Å²) in [6.45, 7) is 1.89. The molecule has 1 saturated heterocycles. The van der Waals surface area contributed by atoms with Crippen LogP contribution in [0.4, 0.5) is 0 Å². The number of aromatic amines is 1. The number of rotatable bonds is 2. The molecule has 0 amide bonds. The Hall–Kier alpha value is -1.50. The molecule has 19 heavy (non-hydrogen) atoms. The average molecular weight is 264 g/mol. The first kappa shape index (κ1) is 12.5. The van der Waals surface area contributed by atoms with Crippen molar-refractivity contribution in [3.05, 3.63) is 34.0 Å². The van der Waals surface area contributed by atoms with Gasteiger partial charge in [0.25, 0.3) is 5.56 Å². The highest BCUT2D eigenvalue weighted by Gasteiger charge is 2.45. The SMILES string of the molecule is CC[C@H]1O[C@@H](C2=CCc3c2nc[nH]c3=O)[C@H](O)[C@@H]1O. The summed E-state index contributed by atoms with van der Waals surface area (Å²) in [7, 11) is 0. The standard InChI is InChI=1S/C13H16N2O4/c1-2-8-10(16)11(17)12(19-8)6-3-4-7-9(6)14-5-15-13(7)18/h3,5,8,10-12,16-17H,2,4H2,1H3,(H,14,15,18)/t8-,10-,11-,12+/m1/s1. The third-order valence-corrected chi connectivity index (χ3v) is 3.82. The van der Waals surface area contributed by atoms with Gasteiger partial charge in [-0.2, -0.15) is 0 Å². The topological polar surface area (TPSA) is 95.4 Å². The summed E-state index contributed by atoms with van der Waals surface area (Å²) in [5.41, 5.74) is 1.68. The summed E-state index contributed by atoms with van der Waals surface area (Å²) in [4.78, 5) is 18.3. The molecule has 102 valence electrons. The van der Waals surface area contributed by atoms with Crippen molar-refractivity contribution in [2.45, 2.75) is 44.2 Å². The summed E-state index contributed by atoms with van der Waals surface area (Å²) < 4.78 is 5.70. The van der Waals surface area contributed by atoms with E-state index in [4.69, 9.17) is 4.74 Å². The van der Waals surface area contributed by atoms with Crippen LogP contribution in [0.5, 0.6) is 0 Å². The molecule has 3 rings (SSSR count). The second-order valence-electron chi connectivity index (χ2n) is 4.91. The van der Waals surface area contributed by atoms with Gasteiger partial charge in [-0.25, -0.2) is 4.98 Å². The highest BCUT2D eigenvalue weighted by molar-refractivity contribution is 5.73. The number of H-pyrrole nitrogens is 1. The van der Waals surface area contributed by atoms with Crippen molar-refractivity contribution < 1.29 is 14.9 Å². The normalized spacial score (nSPS) is 33.3. The second-order valence-corrected chi connectivity index (χ2v) is 4.91. The van der Waals surface area contributed by atoms with Gasteiger partial charge in [-0.05, 0) is 12.8 Å². The summed E-state index contributed by atoms with van der Waals surface area (Å²) in [6, 6.07) is 0. The van der Waals surface area contributed by atoms with E-state index in [1.165, 1.54) is 6.33 Å². The summed E-state index contributed by atoms with van der Waals surface area (Å²) in [6.07, 6.45) is 1.40. The van der Waals surface area contributed by atoms with Crippen molar-refractivity contribution in [3.8, 4) is 0 Å². The maximum atomic E-state index is 11.7. The van der Waals surface area contributed by atoms with Crippen molar-refractivity contribution >= 4 is 5.57 Å². The minimum atomic E-state index is -0.983. The van der Waals surface area contributed by atoms with Crippen LogP contribution >= 0.6 is 0 Å². The zero-order chi connectivity index (χ0) is 13.6. The van der Waals surface area contributed by atoms with Gasteiger partial charge in [0.05, 0.1) is 18.1 Å². The molecule has 1 fully saturated rings. The van der Waals surface area contributed by atoms with E-state index in [2.05, 4.69) is 9.97 Å². The van der Waals surface area contributed by atoms with Gasteiger partial charge in [-0.3, -0.25) is 4.79 Å². The lowest BCUT2D eigenvalue weighted by Crippen LogP contribution is -2.32. The van der Waals surface area contributed by atoms with Crippen LogP contribution in [0, 0.1) is 0 Å². The first-order valence-corrected chi connectivity index (χ1v) is 6.42. The minimum absolute atomic E-state index is 0.170. The van der Waals surface area contributed by atoms with Crippen molar-refractivity contribution in [1.29, 1.82) is 0 Å². The van der Waals surface area contributed by atoms with Crippen LogP contribution in [0.2, 0.25) is 0 Å². The molecule has 1 aliphatic carbocycles. The minimum Gasteiger partial charge on any atom is -0.388 e. The molecular formula is C13H16N2O4. The molecule has 0 bridgehead atoms. The van der Waals surface area contributed by atoms with E-state index in [9.17, 15) is 15.0 Å². The quantitative estimate of drug-likeness (QED) is 0.676. The fourth-order valence-electron chi connectivity index (χ4n) is 2.77. The van der Waals surface area contributed by atoms with Crippen LogP contribution in [0.25, 0.3) is 5.57 Å². The van der Waals surface area contributed by atoms with Crippen LogP contribution < -0.4 is 5.56 Å². The molecule has 1 aromatic heterocycles. The average Bonchev–Trinajstić information content (AvgIpc) is 2.94. The van der Waals surface area contributed by atoms with E-state index >= 15 is 0 Å². The largest absolute Gasteiger partial charge is 0.388 e. The third kappa shape index (κ3) is 1.83. The van der Waals surface area contributed by atoms with E-state index in [1.807, 2.05) is 13.0 Å². The van der Waals surface area contributed by atoms with Gasteiger partial charge in [-0.1, -0.05) is 13.0 Å². The summed E-state index contributed by atoms with van der Waals surface area (Å²) >= 11 is 0. The van der Waals surface area contributed by atoms with E-state index < -0.39 is 18.3 Å². The number of aromatic nitrogens is 2. The number of nitrogens with zero attached hydrogens (tertiary/aromatic N) is 1. The van der Waals surface area contributed by atoms with E-state index in [-0.39, 0.29) is 11.7 Å². The number of nitrogens with one attached hydrogen (secondary N) is 1. The molecule has 0 spiro atoms. The highest BCUT2D eigenvalue weighted by atomic mass is 16.5. The van der Waals surface area contributed by atoms with Gasteiger partial charge < -0.3 is 19.9 Å². The second kappa shape index (κ2) is 4.56. The van der Waals surface area contributed by atoms with Gasteiger partial charge in [0, 0.05) is 11.1 Å². The van der Waals surface area contributed by atoms with E-state index in [0.717, 1.165) is 0 Å². The fourth-order valence-corrected chi connectivity index (χ4v) is 2.77. The number of aliphatic hydroxyl groups is 2. The van der Waals surface area contributed by atoms with Crippen LogP contribution in [-0.4, -0.2) is 44.6 Å². The molecule has 0 aromatic carbocycles. The first-order chi connectivity index (χ1) is 9.13. The van der Waals surface area contributed by atoms with Crippen molar-refractivity contribution in [3.63, 3.8) is 0 Å². The van der Waals surface area contributed by atoms with Gasteiger partial charge in [0.1, 0.15) is 18.3 Å². The molecule has 4 atom stereocenters. The molecule has 2 heterocycles. The van der Waals surface area contributed by atoms with E-state index in [1.54, 1.807) is 0 Å². The molecular weight excluding hydrogens is 248 g/mol. The summed E-state index contributed by atoms with van der Waals surface area (Å²) in [5, 5.41) is 20.0. The molecule has 6 heteroatoms. The third-order valence-electron chi connectivity index (χ3n) is 3.82. The fraction of sp³-hybridized carbons (Fsp3) is 0.538. The Bertz CT molecular complexity index is 580. The molecule has 3 N–H and O–H groups in total. The molecule has 0 saturated carbocycles. The maximum Gasteiger partial charge on any atom is 0.254 e. The molecule has 0 unspecified atom stereocenters. The monoisotopic (exact) mass is 264 g/mol. The highest BCUT2D eigenvalue weighted by Crippen LogP contribution is 2.35. The number of ether oxygens (including phenoxy) is 1. The zero-order valence-electron chi connectivity index (χ0n) is 10.5. The number of hydrogen-bond acceptors (Lipinski definition) is 5. The smallest absolute Gasteiger partial charge is 0.254 e. The molecule has 2 aliphatic rings. The Kier molecular flexibility index (Phi) is 3.00. The molecule has 1 aliphatic heterocycles. The van der Waals surface area contributed by atoms with Gasteiger partial charge in [-0.15, -0.1) is 0 Å². The maximum absolute atomic E-state index is 11.7. The summed E-state index contributed by atoms with van der Waals surface area (Å²) in [5.74, 6) is 0. The Morgan fingerprint density at radius 2 is 2.26 bits per heavy atom.